The Morgan fingerprint density at radius 3 is 2.96 bits per heavy atom. The predicted molar refractivity (Wildman–Crippen MR) is 81.3 cm³/mol. The van der Waals surface area contributed by atoms with Gasteiger partial charge in [-0.05, 0) is 23.8 Å². The monoisotopic (exact) mass is 310 g/mol. The molecule has 4 rings (SSSR count). The van der Waals surface area contributed by atoms with E-state index < -0.39 is 6.04 Å². The van der Waals surface area contributed by atoms with Gasteiger partial charge < -0.3 is 19.6 Å². The van der Waals surface area contributed by atoms with Gasteiger partial charge in [0.05, 0.1) is 12.8 Å². The van der Waals surface area contributed by atoms with E-state index in [4.69, 9.17) is 14.7 Å². The van der Waals surface area contributed by atoms with Gasteiger partial charge in [-0.25, -0.2) is 0 Å². The number of furan rings is 1. The molecule has 0 saturated heterocycles. The standard InChI is InChI=1S/C16H14N4O3/c17-15(21)12-8-10-4-1-2-5-11(10)20(12)9-14-18-16(19-23-14)13-6-3-7-22-13/h1-7,12H,8-9H2,(H2,17,21)/t12-/m0/s1. The molecule has 1 aliphatic rings. The minimum atomic E-state index is -0.411. The summed E-state index contributed by atoms with van der Waals surface area (Å²) >= 11 is 0. The fraction of sp³-hybridized carbons (Fsp3) is 0.188. The molecule has 0 fully saturated rings. The summed E-state index contributed by atoms with van der Waals surface area (Å²) in [5.74, 6) is 0.952. The minimum Gasteiger partial charge on any atom is -0.461 e. The molecular formula is C16H14N4O3. The summed E-state index contributed by atoms with van der Waals surface area (Å²) in [6.45, 7) is 0.318. The van der Waals surface area contributed by atoms with E-state index in [0.717, 1.165) is 11.3 Å². The maximum absolute atomic E-state index is 11.8. The van der Waals surface area contributed by atoms with Crippen LogP contribution in [0.4, 0.5) is 5.69 Å². The largest absolute Gasteiger partial charge is 0.461 e. The molecule has 2 aromatic heterocycles. The Balaban J connectivity index is 1.63. The Morgan fingerprint density at radius 2 is 2.17 bits per heavy atom. The average Bonchev–Trinajstić information content (AvgIpc) is 3.26. The molecule has 0 saturated carbocycles. The lowest BCUT2D eigenvalue weighted by atomic mass is 10.1. The normalized spacial score (nSPS) is 16.5. The number of carbonyl (C=O) groups excluding carboxylic acids is 1. The van der Waals surface area contributed by atoms with Crippen LogP contribution in [-0.2, 0) is 17.8 Å². The first-order valence-corrected chi connectivity index (χ1v) is 7.22. The Bertz CT molecular complexity index is 841. The number of nitrogens with zero attached hydrogens (tertiary/aromatic N) is 3. The van der Waals surface area contributed by atoms with Crippen molar-refractivity contribution in [2.45, 2.75) is 19.0 Å². The SMILES string of the molecule is NC(=O)[C@@H]1Cc2ccccc2N1Cc1nc(-c2ccco2)no1. The number of hydrogen-bond acceptors (Lipinski definition) is 6. The zero-order valence-corrected chi connectivity index (χ0v) is 12.2. The smallest absolute Gasteiger partial charge is 0.246 e. The first-order valence-electron chi connectivity index (χ1n) is 7.22. The van der Waals surface area contributed by atoms with Crippen molar-refractivity contribution in [2.24, 2.45) is 5.73 Å². The average molecular weight is 310 g/mol. The summed E-state index contributed by atoms with van der Waals surface area (Å²) in [5.41, 5.74) is 7.59. The zero-order chi connectivity index (χ0) is 15.8. The number of benzene rings is 1. The van der Waals surface area contributed by atoms with Gasteiger partial charge in [0.25, 0.3) is 0 Å². The molecule has 7 nitrogen and oxygen atoms in total. The molecule has 1 aromatic carbocycles. The van der Waals surface area contributed by atoms with Crippen molar-refractivity contribution in [3.63, 3.8) is 0 Å². The molecule has 3 heterocycles. The molecule has 0 unspecified atom stereocenters. The molecule has 23 heavy (non-hydrogen) atoms. The van der Waals surface area contributed by atoms with E-state index in [1.54, 1.807) is 18.4 Å². The summed E-state index contributed by atoms with van der Waals surface area (Å²) < 4.78 is 10.5. The molecule has 3 aromatic rings. The molecule has 0 spiro atoms. The summed E-state index contributed by atoms with van der Waals surface area (Å²) in [4.78, 5) is 18.0. The highest BCUT2D eigenvalue weighted by Crippen LogP contribution is 2.33. The number of amides is 1. The molecule has 116 valence electrons. The lowest BCUT2D eigenvalue weighted by Gasteiger charge is -2.23. The van der Waals surface area contributed by atoms with Crippen molar-refractivity contribution >= 4 is 11.6 Å². The summed E-state index contributed by atoms with van der Waals surface area (Å²) in [6, 6.07) is 10.9. The highest BCUT2D eigenvalue weighted by atomic mass is 16.5. The lowest BCUT2D eigenvalue weighted by Crippen LogP contribution is -2.42. The van der Waals surface area contributed by atoms with E-state index in [2.05, 4.69) is 10.1 Å². The molecule has 2 N–H and O–H groups in total. The number of anilines is 1. The summed E-state index contributed by atoms with van der Waals surface area (Å²) in [5, 5.41) is 3.90. The van der Waals surface area contributed by atoms with Crippen molar-refractivity contribution < 1.29 is 13.7 Å². The van der Waals surface area contributed by atoms with Crippen LogP contribution in [0.3, 0.4) is 0 Å². The van der Waals surface area contributed by atoms with Gasteiger partial charge in [-0.3, -0.25) is 4.79 Å². The molecule has 0 bridgehead atoms. The molecule has 0 aliphatic carbocycles. The van der Waals surface area contributed by atoms with Crippen molar-refractivity contribution in [1.82, 2.24) is 10.1 Å². The third kappa shape index (κ3) is 2.36. The summed E-state index contributed by atoms with van der Waals surface area (Å²) in [7, 11) is 0. The number of hydrogen-bond donors (Lipinski definition) is 1. The molecular weight excluding hydrogens is 296 g/mol. The Morgan fingerprint density at radius 1 is 1.30 bits per heavy atom. The van der Waals surface area contributed by atoms with Gasteiger partial charge in [0.15, 0.2) is 5.76 Å². The second-order valence-corrected chi connectivity index (χ2v) is 5.37. The predicted octanol–water partition coefficient (Wildman–Crippen LogP) is 1.75. The van der Waals surface area contributed by atoms with Gasteiger partial charge in [0, 0.05) is 12.1 Å². The highest BCUT2D eigenvalue weighted by Gasteiger charge is 2.34. The number of para-hydroxylation sites is 1. The molecule has 7 heteroatoms. The van der Waals surface area contributed by atoms with E-state index in [-0.39, 0.29) is 5.91 Å². The number of aromatic nitrogens is 2. The van der Waals surface area contributed by atoms with Gasteiger partial charge in [-0.15, -0.1) is 0 Å². The zero-order valence-electron chi connectivity index (χ0n) is 12.2. The quantitative estimate of drug-likeness (QED) is 0.788. The van der Waals surface area contributed by atoms with Crippen LogP contribution in [-0.4, -0.2) is 22.1 Å². The first-order chi connectivity index (χ1) is 11.2. The summed E-state index contributed by atoms with van der Waals surface area (Å²) in [6.07, 6.45) is 2.13. The van der Waals surface area contributed by atoms with Gasteiger partial charge in [-0.2, -0.15) is 4.98 Å². The third-order valence-electron chi connectivity index (χ3n) is 3.93. The molecule has 1 atom stereocenters. The number of carbonyl (C=O) groups is 1. The van der Waals surface area contributed by atoms with Gasteiger partial charge in [0.2, 0.25) is 17.6 Å². The van der Waals surface area contributed by atoms with Crippen molar-refractivity contribution in [2.75, 3.05) is 4.90 Å². The third-order valence-corrected chi connectivity index (χ3v) is 3.93. The number of nitrogens with two attached hydrogens (primary N) is 1. The maximum atomic E-state index is 11.8. The second kappa shape index (κ2) is 5.28. The highest BCUT2D eigenvalue weighted by molar-refractivity contribution is 5.86. The van der Waals surface area contributed by atoms with Gasteiger partial charge in [0.1, 0.15) is 6.04 Å². The lowest BCUT2D eigenvalue weighted by molar-refractivity contribution is -0.119. The van der Waals surface area contributed by atoms with E-state index in [1.165, 1.54) is 0 Å². The Labute approximate surface area is 131 Å². The van der Waals surface area contributed by atoms with Crippen LogP contribution in [0, 0.1) is 0 Å². The number of rotatable bonds is 4. The minimum absolute atomic E-state index is 0.318. The van der Waals surface area contributed by atoms with Crippen LogP contribution in [0.15, 0.2) is 51.6 Å². The second-order valence-electron chi connectivity index (χ2n) is 5.37. The van der Waals surface area contributed by atoms with Gasteiger partial charge >= 0.3 is 0 Å². The maximum Gasteiger partial charge on any atom is 0.246 e. The van der Waals surface area contributed by atoms with Crippen LogP contribution >= 0.6 is 0 Å². The fourth-order valence-electron chi connectivity index (χ4n) is 2.87. The molecule has 0 radical (unpaired) electrons. The van der Waals surface area contributed by atoms with Crippen LogP contribution < -0.4 is 10.6 Å². The Hall–Kier alpha value is -3.09. The van der Waals surface area contributed by atoms with E-state index in [0.29, 0.717) is 30.4 Å². The van der Waals surface area contributed by atoms with Crippen LogP contribution in [0.25, 0.3) is 11.6 Å². The number of primary amides is 1. The van der Waals surface area contributed by atoms with Crippen LogP contribution in [0.2, 0.25) is 0 Å². The molecule has 1 aliphatic heterocycles. The van der Waals surface area contributed by atoms with E-state index in [1.807, 2.05) is 29.2 Å². The topological polar surface area (TPSA) is 98.4 Å². The van der Waals surface area contributed by atoms with Crippen LogP contribution in [0.1, 0.15) is 11.5 Å². The van der Waals surface area contributed by atoms with Crippen molar-refractivity contribution in [3.8, 4) is 11.6 Å². The fourth-order valence-corrected chi connectivity index (χ4v) is 2.87. The molecule has 1 amide bonds. The Kier molecular flexibility index (Phi) is 3.11. The van der Waals surface area contributed by atoms with Crippen molar-refractivity contribution in [1.29, 1.82) is 0 Å². The van der Waals surface area contributed by atoms with Crippen molar-refractivity contribution in [3.05, 3.63) is 54.1 Å². The van der Waals surface area contributed by atoms with E-state index in [9.17, 15) is 4.79 Å². The van der Waals surface area contributed by atoms with Gasteiger partial charge in [-0.1, -0.05) is 23.4 Å². The first kappa shape index (κ1) is 13.6. The van der Waals surface area contributed by atoms with Crippen LogP contribution in [0.5, 0.6) is 0 Å². The van der Waals surface area contributed by atoms with E-state index >= 15 is 0 Å². The number of fused-ring (bicyclic) bond motifs is 1.